The number of nitrogens with zero attached hydrogens (tertiary/aromatic N) is 1. The highest BCUT2D eigenvalue weighted by atomic mass is 16.5. The van der Waals surface area contributed by atoms with Crippen LogP contribution in [0.3, 0.4) is 0 Å². The minimum Gasteiger partial charge on any atom is -0.365 e. The molecule has 0 aliphatic carbocycles. The van der Waals surface area contributed by atoms with Crippen LogP contribution in [0, 0.1) is 5.92 Å². The summed E-state index contributed by atoms with van der Waals surface area (Å²) in [6.45, 7) is 4.36. The zero-order valence-corrected chi connectivity index (χ0v) is 10.4. The maximum Gasteiger partial charge on any atom is 0.438 e. The van der Waals surface area contributed by atoms with Crippen molar-refractivity contribution in [3.05, 3.63) is 16.4 Å². The highest BCUT2D eigenvalue weighted by molar-refractivity contribution is 5.81. The number of aromatic amines is 1. The smallest absolute Gasteiger partial charge is 0.365 e. The lowest BCUT2D eigenvalue weighted by Crippen LogP contribution is -2.38. The van der Waals surface area contributed by atoms with E-state index >= 15 is 0 Å². The van der Waals surface area contributed by atoms with E-state index in [0.717, 1.165) is 6.42 Å². The Hall–Kier alpha value is -1.63. The summed E-state index contributed by atoms with van der Waals surface area (Å²) in [4.78, 5) is 24.9. The molecule has 1 amide bonds. The molecule has 0 radical (unpaired) electrons. The molecule has 2 N–H and O–H groups in total. The average molecular weight is 255 g/mol. The first-order valence-electron chi connectivity index (χ1n) is 6.04. The van der Waals surface area contributed by atoms with Gasteiger partial charge in [0.25, 0.3) is 0 Å². The molecule has 1 fully saturated rings. The Bertz CT molecular complexity index is 467. The molecule has 1 aromatic heterocycles. The van der Waals surface area contributed by atoms with Crippen molar-refractivity contribution in [3.8, 4) is 0 Å². The Morgan fingerprint density at radius 3 is 2.89 bits per heavy atom. The third-order valence-electron chi connectivity index (χ3n) is 3.00. The Balaban J connectivity index is 1.77. The Labute approximate surface area is 104 Å². The SMILES string of the molecule is CC1CC(C)C(C(=O)NCCc2noc(=O)[nH]2)O1. The summed E-state index contributed by atoms with van der Waals surface area (Å²) in [5.74, 6) is -0.0449. The van der Waals surface area contributed by atoms with E-state index in [-0.39, 0.29) is 24.0 Å². The van der Waals surface area contributed by atoms with Crippen LogP contribution in [-0.2, 0) is 16.0 Å². The van der Waals surface area contributed by atoms with Crippen molar-refractivity contribution >= 4 is 5.91 Å². The van der Waals surface area contributed by atoms with Gasteiger partial charge in [-0.25, -0.2) is 4.79 Å². The minimum atomic E-state index is -0.585. The average Bonchev–Trinajstić information content (AvgIpc) is 2.85. The normalized spacial score (nSPS) is 27.3. The second kappa shape index (κ2) is 5.34. The van der Waals surface area contributed by atoms with Gasteiger partial charge in [0.15, 0.2) is 5.82 Å². The van der Waals surface area contributed by atoms with Crippen LogP contribution in [-0.4, -0.2) is 34.8 Å². The molecule has 3 atom stereocenters. The van der Waals surface area contributed by atoms with Crippen LogP contribution < -0.4 is 11.1 Å². The summed E-state index contributed by atoms with van der Waals surface area (Å²) in [6.07, 6.45) is 1.07. The van der Waals surface area contributed by atoms with E-state index < -0.39 is 5.76 Å². The number of carbonyl (C=O) groups excluding carboxylic acids is 1. The minimum absolute atomic E-state index is 0.113. The molecule has 7 heteroatoms. The molecule has 0 bridgehead atoms. The van der Waals surface area contributed by atoms with Gasteiger partial charge in [-0.05, 0) is 19.3 Å². The monoisotopic (exact) mass is 255 g/mol. The van der Waals surface area contributed by atoms with E-state index in [1.807, 2.05) is 13.8 Å². The first-order valence-corrected chi connectivity index (χ1v) is 6.04. The summed E-state index contributed by atoms with van der Waals surface area (Å²) < 4.78 is 9.89. The highest BCUT2D eigenvalue weighted by Gasteiger charge is 2.34. The Morgan fingerprint density at radius 1 is 1.56 bits per heavy atom. The third-order valence-corrected chi connectivity index (χ3v) is 3.00. The molecule has 100 valence electrons. The summed E-state index contributed by atoms with van der Waals surface area (Å²) in [5, 5.41) is 6.28. The third kappa shape index (κ3) is 2.98. The standard InChI is InChI=1S/C11H17N3O4/c1-6-5-7(2)17-9(6)10(15)12-4-3-8-13-11(16)18-14-8/h6-7,9H,3-5H2,1-2H3,(H,12,15)(H,13,14,16). The van der Waals surface area contributed by atoms with E-state index in [4.69, 9.17) is 4.74 Å². The molecule has 3 unspecified atom stereocenters. The number of hydrogen-bond donors (Lipinski definition) is 2. The van der Waals surface area contributed by atoms with Crippen molar-refractivity contribution in [2.45, 2.75) is 38.9 Å². The number of rotatable bonds is 4. The van der Waals surface area contributed by atoms with Gasteiger partial charge in [0.05, 0.1) is 6.10 Å². The second-order valence-corrected chi connectivity index (χ2v) is 4.66. The van der Waals surface area contributed by atoms with Gasteiger partial charge in [-0.2, -0.15) is 0 Å². The van der Waals surface area contributed by atoms with Gasteiger partial charge < -0.3 is 10.1 Å². The van der Waals surface area contributed by atoms with Crippen LogP contribution in [0.1, 0.15) is 26.1 Å². The van der Waals surface area contributed by atoms with Crippen LogP contribution >= 0.6 is 0 Å². The number of aromatic nitrogens is 2. The summed E-state index contributed by atoms with van der Waals surface area (Å²) in [5.41, 5.74) is 0. The number of H-pyrrole nitrogens is 1. The van der Waals surface area contributed by atoms with E-state index in [2.05, 4.69) is 20.0 Å². The van der Waals surface area contributed by atoms with Crippen molar-refractivity contribution < 1.29 is 14.1 Å². The molecular formula is C11H17N3O4. The fraction of sp³-hybridized carbons (Fsp3) is 0.727. The predicted molar refractivity (Wildman–Crippen MR) is 62.0 cm³/mol. The first-order chi connectivity index (χ1) is 8.56. The molecule has 18 heavy (non-hydrogen) atoms. The van der Waals surface area contributed by atoms with E-state index in [9.17, 15) is 9.59 Å². The van der Waals surface area contributed by atoms with Crippen LogP contribution in [0.25, 0.3) is 0 Å². The number of nitrogens with one attached hydrogen (secondary N) is 2. The second-order valence-electron chi connectivity index (χ2n) is 4.66. The van der Waals surface area contributed by atoms with E-state index in [1.54, 1.807) is 0 Å². The van der Waals surface area contributed by atoms with Gasteiger partial charge in [0.2, 0.25) is 5.91 Å². The van der Waals surface area contributed by atoms with Gasteiger partial charge in [0.1, 0.15) is 6.10 Å². The van der Waals surface area contributed by atoms with Gasteiger partial charge in [0, 0.05) is 13.0 Å². The molecule has 1 saturated heterocycles. The summed E-state index contributed by atoms with van der Waals surface area (Å²) in [6, 6.07) is 0. The molecule has 7 nitrogen and oxygen atoms in total. The van der Waals surface area contributed by atoms with Gasteiger partial charge in [-0.15, -0.1) is 0 Å². The Morgan fingerprint density at radius 2 is 2.33 bits per heavy atom. The molecule has 0 aromatic carbocycles. The number of amides is 1. The van der Waals surface area contributed by atoms with Crippen molar-refractivity contribution in [1.29, 1.82) is 0 Å². The molecule has 2 heterocycles. The largest absolute Gasteiger partial charge is 0.438 e. The fourth-order valence-corrected chi connectivity index (χ4v) is 2.18. The van der Waals surface area contributed by atoms with E-state index in [0.29, 0.717) is 18.8 Å². The van der Waals surface area contributed by atoms with Gasteiger partial charge in [-0.3, -0.25) is 14.3 Å². The van der Waals surface area contributed by atoms with Gasteiger partial charge >= 0.3 is 5.76 Å². The van der Waals surface area contributed by atoms with Crippen LogP contribution in [0.4, 0.5) is 0 Å². The fourth-order valence-electron chi connectivity index (χ4n) is 2.18. The molecule has 1 aliphatic rings. The lowest BCUT2D eigenvalue weighted by molar-refractivity contribution is -0.133. The zero-order valence-electron chi connectivity index (χ0n) is 10.4. The topological polar surface area (TPSA) is 97.2 Å². The van der Waals surface area contributed by atoms with Crippen molar-refractivity contribution in [2.75, 3.05) is 6.54 Å². The number of hydrogen-bond acceptors (Lipinski definition) is 5. The highest BCUT2D eigenvalue weighted by Crippen LogP contribution is 2.25. The maximum atomic E-state index is 11.8. The predicted octanol–water partition coefficient (Wildman–Crippen LogP) is -0.165. The summed E-state index contributed by atoms with van der Waals surface area (Å²) in [7, 11) is 0. The molecule has 1 aliphatic heterocycles. The van der Waals surface area contributed by atoms with E-state index in [1.165, 1.54) is 0 Å². The summed E-state index contributed by atoms with van der Waals surface area (Å²) >= 11 is 0. The molecule has 2 rings (SSSR count). The number of carbonyl (C=O) groups is 1. The Kier molecular flexibility index (Phi) is 3.81. The molecule has 1 aromatic rings. The lowest BCUT2D eigenvalue weighted by atomic mass is 10.0. The molecule has 0 saturated carbocycles. The maximum absolute atomic E-state index is 11.8. The van der Waals surface area contributed by atoms with Crippen LogP contribution in [0.2, 0.25) is 0 Å². The molecule has 0 spiro atoms. The van der Waals surface area contributed by atoms with Gasteiger partial charge in [-0.1, -0.05) is 12.1 Å². The van der Waals surface area contributed by atoms with Crippen molar-refractivity contribution in [2.24, 2.45) is 5.92 Å². The number of ether oxygens (including phenoxy) is 1. The van der Waals surface area contributed by atoms with Crippen molar-refractivity contribution in [1.82, 2.24) is 15.5 Å². The van der Waals surface area contributed by atoms with Crippen LogP contribution in [0.5, 0.6) is 0 Å². The van der Waals surface area contributed by atoms with Crippen LogP contribution in [0.15, 0.2) is 9.32 Å². The quantitative estimate of drug-likeness (QED) is 0.778. The lowest BCUT2D eigenvalue weighted by Gasteiger charge is -2.14. The first kappa shape index (κ1) is 12.8. The van der Waals surface area contributed by atoms with Crippen molar-refractivity contribution in [3.63, 3.8) is 0 Å². The zero-order chi connectivity index (χ0) is 13.1. The molecular weight excluding hydrogens is 238 g/mol.